The molecule has 0 radical (unpaired) electrons. The lowest BCUT2D eigenvalue weighted by Gasteiger charge is -2.12. The minimum atomic E-state index is -0.437. The molecule has 0 aromatic carbocycles. The van der Waals surface area contributed by atoms with Crippen LogP contribution in [0.5, 0.6) is 0 Å². The van der Waals surface area contributed by atoms with E-state index in [1.807, 2.05) is 18.2 Å². The van der Waals surface area contributed by atoms with E-state index in [2.05, 4.69) is 5.32 Å². The second-order valence-electron chi connectivity index (χ2n) is 6.57. The number of pyridine rings is 2. The Balaban J connectivity index is 2.03. The minimum Gasteiger partial charge on any atom is -0.352 e. The molecule has 140 valence electrons. The van der Waals surface area contributed by atoms with E-state index in [0.717, 1.165) is 11.1 Å². The van der Waals surface area contributed by atoms with Crippen molar-refractivity contribution in [2.24, 2.45) is 0 Å². The lowest BCUT2D eigenvalue weighted by molar-refractivity contribution is -0.119. The van der Waals surface area contributed by atoms with Gasteiger partial charge >= 0.3 is 0 Å². The Labute approximate surface area is 161 Å². The largest absolute Gasteiger partial charge is 0.352 e. The first-order valence-electron chi connectivity index (χ1n) is 8.66. The van der Waals surface area contributed by atoms with Gasteiger partial charge in [0.25, 0.3) is 5.56 Å². The van der Waals surface area contributed by atoms with Crippen molar-refractivity contribution < 1.29 is 9.18 Å². The molecule has 2 aromatic heterocycles. The summed E-state index contributed by atoms with van der Waals surface area (Å²) in [6, 6.07) is 5.47. The summed E-state index contributed by atoms with van der Waals surface area (Å²) in [4.78, 5) is 23.8. The lowest BCUT2D eigenvalue weighted by Crippen LogP contribution is -2.23. The predicted octanol–water partition coefficient (Wildman–Crippen LogP) is 4.09. The first-order valence-corrected chi connectivity index (χ1v) is 9.04. The number of hydrogen-bond donors (Lipinski definition) is 1. The van der Waals surface area contributed by atoms with Crippen LogP contribution in [0.2, 0.25) is 0 Å². The zero-order chi connectivity index (χ0) is 19.6. The Hall–Kier alpha value is -2.66. The third kappa shape index (κ3) is 4.19. The van der Waals surface area contributed by atoms with Gasteiger partial charge in [0.15, 0.2) is 0 Å². The first kappa shape index (κ1) is 19.1. The molecule has 6 heteroatoms. The average Bonchev–Trinajstić information content (AvgIpc) is 2.79. The van der Waals surface area contributed by atoms with Gasteiger partial charge in [-0.25, -0.2) is 4.39 Å². The van der Waals surface area contributed by atoms with E-state index in [9.17, 15) is 14.0 Å². The average molecular weight is 387 g/mol. The van der Waals surface area contributed by atoms with Gasteiger partial charge in [0.05, 0.1) is 10.5 Å². The van der Waals surface area contributed by atoms with Crippen LogP contribution in [0.3, 0.4) is 0 Å². The quantitative estimate of drug-likeness (QED) is 0.860. The smallest absolute Gasteiger partial charge is 0.258 e. The molecule has 1 aliphatic carbocycles. The molecule has 4 nitrogen and oxygen atoms in total. The van der Waals surface area contributed by atoms with Crippen LogP contribution in [0.4, 0.5) is 4.39 Å². The van der Waals surface area contributed by atoms with Crippen LogP contribution in [0, 0.1) is 6.92 Å². The van der Waals surface area contributed by atoms with Crippen LogP contribution in [0.25, 0.3) is 5.52 Å². The maximum Gasteiger partial charge on any atom is 0.258 e. The molecule has 3 rings (SSSR count). The molecule has 1 N–H and O–H groups in total. The van der Waals surface area contributed by atoms with Crippen molar-refractivity contribution in [3.8, 4) is 0 Å². The van der Waals surface area contributed by atoms with Crippen LogP contribution >= 0.6 is 11.6 Å². The number of nitrogens with zero attached hydrogens (tertiary/aromatic N) is 1. The Kier molecular flexibility index (Phi) is 5.61. The van der Waals surface area contributed by atoms with Gasteiger partial charge in [-0.05, 0) is 42.2 Å². The van der Waals surface area contributed by atoms with Gasteiger partial charge in [-0.15, -0.1) is 0 Å². The summed E-state index contributed by atoms with van der Waals surface area (Å²) >= 11 is 5.95. The van der Waals surface area contributed by atoms with Crippen molar-refractivity contribution in [1.82, 2.24) is 9.72 Å². The first-order chi connectivity index (χ1) is 12.9. The molecule has 2 heterocycles. The van der Waals surface area contributed by atoms with Crippen LogP contribution in [-0.2, 0) is 17.8 Å². The predicted molar refractivity (Wildman–Crippen MR) is 105 cm³/mol. The van der Waals surface area contributed by atoms with Crippen molar-refractivity contribution in [2.75, 3.05) is 0 Å². The Bertz CT molecular complexity index is 1060. The fraction of sp³-hybridized carbons (Fsp3) is 0.238. The standard InChI is InChI=1S/C21H20ClFN2O2/c1-13-9-17(11-24-14(2)26)19-8-7-15(12-25(19)21(13)27)10-16-5-3-4-6-18(22)20(16)23/h3,5-9,12H,4,10-11H2,1-2H3,(H,24,26). The van der Waals surface area contributed by atoms with Crippen molar-refractivity contribution in [1.29, 1.82) is 0 Å². The van der Waals surface area contributed by atoms with Crippen molar-refractivity contribution in [2.45, 2.75) is 33.2 Å². The van der Waals surface area contributed by atoms with Crippen LogP contribution < -0.4 is 10.9 Å². The second-order valence-corrected chi connectivity index (χ2v) is 6.97. The number of rotatable bonds is 4. The zero-order valence-electron chi connectivity index (χ0n) is 15.2. The molecule has 1 aliphatic rings. The van der Waals surface area contributed by atoms with Gasteiger partial charge in [0.2, 0.25) is 5.91 Å². The molecular formula is C21H20ClFN2O2. The Morgan fingerprint density at radius 2 is 2.15 bits per heavy atom. The highest BCUT2D eigenvalue weighted by molar-refractivity contribution is 6.31. The van der Waals surface area contributed by atoms with Crippen LogP contribution in [-0.4, -0.2) is 10.3 Å². The normalized spacial score (nSPS) is 14.3. The maximum atomic E-state index is 14.4. The number of carbonyl (C=O) groups is 1. The van der Waals surface area contributed by atoms with Crippen LogP contribution in [0.1, 0.15) is 30.0 Å². The molecule has 1 amide bonds. The number of carbonyl (C=O) groups excluding carboxylic acids is 1. The third-order valence-corrected chi connectivity index (χ3v) is 4.77. The molecule has 0 saturated carbocycles. The highest BCUT2D eigenvalue weighted by Crippen LogP contribution is 2.27. The van der Waals surface area contributed by atoms with E-state index in [1.54, 1.807) is 35.7 Å². The fourth-order valence-electron chi connectivity index (χ4n) is 3.08. The van der Waals surface area contributed by atoms with Gasteiger partial charge < -0.3 is 5.32 Å². The number of amides is 1. The number of halogens is 2. The van der Waals surface area contributed by atoms with E-state index in [4.69, 9.17) is 11.6 Å². The molecule has 0 unspecified atom stereocenters. The minimum absolute atomic E-state index is 0.112. The summed E-state index contributed by atoms with van der Waals surface area (Å²) in [5.41, 5.74) is 3.28. The molecule has 0 atom stereocenters. The highest BCUT2D eigenvalue weighted by atomic mass is 35.5. The van der Waals surface area contributed by atoms with Crippen molar-refractivity contribution in [3.05, 3.63) is 86.1 Å². The molecule has 0 aliphatic heterocycles. The number of hydrogen-bond acceptors (Lipinski definition) is 2. The second kappa shape index (κ2) is 7.92. The summed E-state index contributed by atoms with van der Waals surface area (Å²) in [6.45, 7) is 3.52. The van der Waals surface area contributed by atoms with Gasteiger partial charge in [0, 0.05) is 31.6 Å². The summed E-state index contributed by atoms with van der Waals surface area (Å²) in [7, 11) is 0. The number of fused-ring (bicyclic) bond motifs is 1. The lowest BCUT2D eigenvalue weighted by atomic mass is 10.0. The number of aryl methyl sites for hydroxylation is 1. The summed E-state index contributed by atoms with van der Waals surface area (Å²) < 4.78 is 16.0. The molecule has 2 aromatic rings. The van der Waals surface area contributed by atoms with Gasteiger partial charge in [0.1, 0.15) is 5.83 Å². The zero-order valence-corrected chi connectivity index (χ0v) is 15.9. The van der Waals surface area contributed by atoms with E-state index < -0.39 is 5.83 Å². The Morgan fingerprint density at radius 1 is 1.37 bits per heavy atom. The molecule has 0 spiro atoms. The summed E-state index contributed by atoms with van der Waals surface area (Å²) in [5, 5.41) is 2.87. The molecule has 0 saturated heterocycles. The highest BCUT2D eigenvalue weighted by Gasteiger charge is 2.13. The SMILES string of the molecule is CC(=O)NCc1cc(C)c(=O)n2cc(CC3=C(F)C(Cl)=CCC=C3)ccc12. The van der Waals surface area contributed by atoms with Crippen molar-refractivity contribution in [3.63, 3.8) is 0 Å². The Morgan fingerprint density at radius 3 is 2.89 bits per heavy atom. The molecular weight excluding hydrogens is 367 g/mol. The van der Waals surface area contributed by atoms with E-state index in [0.29, 0.717) is 36.0 Å². The summed E-state index contributed by atoms with van der Waals surface area (Å²) in [5.74, 6) is -0.574. The maximum absolute atomic E-state index is 14.4. The topological polar surface area (TPSA) is 50.6 Å². The van der Waals surface area contributed by atoms with Gasteiger partial charge in [-0.2, -0.15) is 0 Å². The van der Waals surface area contributed by atoms with E-state index in [-0.39, 0.29) is 16.5 Å². The molecule has 0 fully saturated rings. The number of nitrogens with one attached hydrogen (secondary N) is 1. The van der Waals surface area contributed by atoms with Crippen LogP contribution in [0.15, 0.2) is 63.9 Å². The van der Waals surface area contributed by atoms with E-state index >= 15 is 0 Å². The van der Waals surface area contributed by atoms with E-state index in [1.165, 1.54) is 6.92 Å². The summed E-state index contributed by atoms with van der Waals surface area (Å²) in [6.07, 6.45) is 7.84. The van der Waals surface area contributed by atoms with Crippen molar-refractivity contribution >= 4 is 23.0 Å². The number of aromatic nitrogens is 1. The third-order valence-electron chi connectivity index (χ3n) is 4.45. The van der Waals surface area contributed by atoms with Gasteiger partial charge in [-0.1, -0.05) is 35.9 Å². The molecule has 0 bridgehead atoms. The number of allylic oxidation sites excluding steroid dienone is 6. The fourth-order valence-corrected chi connectivity index (χ4v) is 3.29. The monoisotopic (exact) mass is 386 g/mol. The van der Waals surface area contributed by atoms with Gasteiger partial charge in [-0.3, -0.25) is 14.0 Å². The molecule has 27 heavy (non-hydrogen) atoms.